The number of ether oxygens (including phenoxy) is 6. The third-order valence-electron chi connectivity index (χ3n) is 9.71. The molecule has 1 aromatic rings. The number of nitrogens with zero attached hydrogens (tertiary/aromatic N) is 1. The monoisotopic (exact) mass is 688 g/mol. The van der Waals surface area contributed by atoms with Gasteiger partial charge in [-0.3, -0.25) is 0 Å². The van der Waals surface area contributed by atoms with Crippen molar-refractivity contribution >= 4 is 5.71 Å². The molecule has 2 atom stereocenters. The van der Waals surface area contributed by atoms with Crippen molar-refractivity contribution in [2.75, 3.05) is 92.4 Å². The van der Waals surface area contributed by atoms with Gasteiger partial charge in [-0.25, -0.2) is 4.58 Å². The Kier molecular flexibility index (Phi) is 16.4. The fourth-order valence-electron chi connectivity index (χ4n) is 7.23. The molecule has 2 aliphatic carbocycles. The molecule has 0 amide bonds. The highest BCUT2D eigenvalue weighted by Crippen LogP contribution is 2.50. The molecule has 1 aromatic carbocycles. The summed E-state index contributed by atoms with van der Waals surface area (Å²) in [5.41, 5.74) is 6.60. The first-order chi connectivity index (χ1) is 24.3. The number of aliphatic hydroxyl groups is 1. The first-order valence-corrected chi connectivity index (χ1v) is 18.0. The molecule has 3 aliphatic rings. The minimum absolute atomic E-state index is 0.0248. The number of rotatable bonds is 23. The Morgan fingerprint density at radius 2 is 1.48 bits per heavy atom. The smallest absolute Gasteiger partial charge is 0.186 e. The van der Waals surface area contributed by atoms with E-state index < -0.39 is 0 Å². The summed E-state index contributed by atoms with van der Waals surface area (Å²) in [5, 5.41) is 8.96. The Hall–Kier alpha value is -3.13. The molecular formula is C42H58NO7+. The van der Waals surface area contributed by atoms with Crippen molar-refractivity contribution in [1.82, 2.24) is 0 Å². The van der Waals surface area contributed by atoms with Crippen LogP contribution in [0.5, 0.6) is 0 Å². The summed E-state index contributed by atoms with van der Waals surface area (Å²) < 4.78 is 36.3. The maximum absolute atomic E-state index is 8.96. The maximum atomic E-state index is 8.96. The van der Waals surface area contributed by atoms with E-state index in [2.05, 4.69) is 111 Å². The maximum Gasteiger partial charge on any atom is 0.186 e. The molecular weight excluding hydrogens is 630 g/mol. The van der Waals surface area contributed by atoms with Crippen LogP contribution in [0.2, 0.25) is 0 Å². The van der Waals surface area contributed by atoms with Crippen LogP contribution >= 0.6 is 0 Å². The van der Waals surface area contributed by atoms with E-state index in [1.165, 1.54) is 28.0 Å². The molecule has 4 rings (SSSR count). The Morgan fingerprint density at radius 3 is 2.20 bits per heavy atom. The zero-order chi connectivity index (χ0) is 35.7. The van der Waals surface area contributed by atoms with Gasteiger partial charge >= 0.3 is 0 Å². The van der Waals surface area contributed by atoms with Crippen LogP contribution in [0.25, 0.3) is 0 Å². The summed E-state index contributed by atoms with van der Waals surface area (Å²) >= 11 is 0. The zero-order valence-corrected chi connectivity index (χ0v) is 30.6. The molecule has 0 aromatic heterocycles. The third-order valence-corrected chi connectivity index (χ3v) is 9.71. The molecule has 0 radical (unpaired) electrons. The fraction of sp³-hybridized carbons (Fsp3) is 0.548. The van der Waals surface area contributed by atoms with Gasteiger partial charge in [0.1, 0.15) is 13.2 Å². The fourth-order valence-corrected chi connectivity index (χ4v) is 7.23. The Morgan fingerprint density at radius 1 is 0.820 bits per heavy atom. The molecule has 8 heteroatoms. The van der Waals surface area contributed by atoms with Crippen LogP contribution in [-0.2, 0) is 33.8 Å². The van der Waals surface area contributed by atoms with E-state index in [1.807, 2.05) is 0 Å². The lowest BCUT2D eigenvalue weighted by atomic mass is 9.77. The summed E-state index contributed by atoms with van der Waals surface area (Å²) in [6.45, 7) is 16.1. The lowest BCUT2D eigenvalue weighted by Crippen LogP contribution is -2.29. The lowest BCUT2D eigenvalue weighted by molar-refractivity contribution is -0.552. The number of hydrogen-bond donors (Lipinski definition) is 1. The van der Waals surface area contributed by atoms with Crippen LogP contribution in [0.1, 0.15) is 51.2 Å². The molecule has 2 unspecified atom stereocenters. The minimum atomic E-state index is -0.100. The number of benzene rings is 1. The first-order valence-electron chi connectivity index (χ1n) is 18.0. The highest BCUT2D eigenvalue weighted by Gasteiger charge is 2.49. The Balaban J connectivity index is 1.35. The van der Waals surface area contributed by atoms with Crippen LogP contribution in [0.4, 0.5) is 0 Å². The van der Waals surface area contributed by atoms with E-state index >= 15 is 0 Å². The van der Waals surface area contributed by atoms with Gasteiger partial charge in [0.25, 0.3) is 0 Å². The molecule has 0 spiro atoms. The number of terminal acetylenes is 1. The second-order valence-corrected chi connectivity index (χ2v) is 13.6. The van der Waals surface area contributed by atoms with Crippen LogP contribution in [0, 0.1) is 17.8 Å². The van der Waals surface area contributed by atoms with Crippen molar-refractivity contribution in [2.24, 2.45) is 5.41 Å². The van der Waals surface area contributed by atoms with E-state index in [1.54, 1.807) is 0 Å². The van der Waals surface area contributed by atoms with E-state index in [0.29, 0.717) is 85.3 Å². The number of hydrogen-bond acceptors (Lipinski definition) is 7. The van der Waals surface area contributed by atoms with Gasteiger partial charge in [0.15, 0.2) is 18.3 Å². The highest BCUT2D eigenvalue weighted by atomic mass is 16.6. The molecule has 1 aliphatic heterocycles. The summed E-state index contributed by atoms with van der Waals surface area (Å²) in [6.07, 6.45) is 23.9. The summed E-state index contributed by atoms with van der Waals surface area (Å²) in [7, 11) is 0. The van der Waals surface area contributed by atoms with Crippen molar-refractivity contribution in [2.45, 2.75) is 51.5 Å². The SMILES string of the molecule is C#CCOCCOCCOCCOCC[N+]1=C(/C=C/C=C/C=C2/C(COCCOCCO)c3ccccc3C2(C)C)C(C)(C)C2=CC=CCC21. The molecule has 1 heterocycles. The van der Waals surface area contributed by atoms with Crippen LogP contribution in [0.3, 0.4) is 0 Å². The predicted molar refractivity (Wildman–Crippen MR) is 199 cm³/mol. The summed E-state index contributed by atoms with van der Waals surface area (Å²) in [4.78, 5) is 0. The van der Waals surface area contributed by atoms with Gasteiger partial charge < -0.3 is 33.5 Å². The lowest BCUT2D eigenvalue weighted by Gasteiger charge is -2.24. The van der Waals surface area contributed by atoms with Gasteiger partial charge in [-0.05, 0) is 25.0 Å². The van der Waals surface area contributed by atoms with Crippen molar-refractivity contribution < 1.29 is 38.1 Å². The van der Waals surface area contributed by atoms with Crippen LogP contribution < -0.4 is 0 Å². The van der Waals surface area contributed by atoms with Crippen molar-refractivity contribution in [3.05, 3.63) is 95.1 Å². The van der Waals surface area contributed by atoms with E-state index in [-0.39, 0.29) is 23.4 Å². The summed E-state index contributed by atoms with van der Waals surface area (Å²) in [6, 6.07) is 9.04. The molecule has 50 heavy (non-hydrogen) atoms. The molecule has 8 nitrogen and oxygen atoms in total. The van der Waals surface area contributed by atoms with Gasteiger partial charge in [-0.2, -0.15) is 0 Å². The molecule has 0 bridgehead atoms. The van der Waals surface area contributed by atoms with E-state index in [9.17, 15) is 0 Å². The highest BCUT2D eigenvalue weighted by molar-refractivity contribution is 5.99. The predicted octanol–water partition coefficient (Wildman–Crippen LogP) is 5.57. The average Bonchev–Trinajstić information content (AvgIpc) is 3.46. The molecule has 0 saturated carbocycles. The van der Waals surface area contributed by atoms with Gasteiger partial charge in [0.2, 0.25) is 0 Å². The molecule has 0 fully saturated rings. The minimum Gasteiger partial charge on any atom is -0.394 e. The number of fused-ring (bicyclic) bond motifs is 2. The Labute approximate surface area is 300 Å². The topological polar surface area (TPSA) is 78.6 Å². The zero-order valence-electron chi connectivity index (χ0n) is 30.6. The molecule has 272 valence electrons. The van der Waals surface area contributed by atoms with Crippen molar-refractivity contribution in [1.29, 1.82) is 0 Å². The summed E-state index contributed by atoms with van der Waals surface area (Å²) in [5.74, 6) is 2.61. The van der Waals surface area contributed by atoms with E-state index in [4.69, 9.17) is 40.0 Å². The van der Waals surface area contributed by atoms with Gasteiger partial charge in [0.05, 0.1) is 78.1 Å². The van der Waals surface area contributed by atoms with Crippen molar-refractivity contribution in [3.63, 3.8) is 0 Å². The molecule has 1 N–H and O–H groups in total. The van der Waals surface area contributed by atoms with Crippen molar-refractivity contribution in [3.8, 4) is 12.3 Å². The quantitative estimate of drug-likeness (QED) is 0.0697. The van der Waals surface area contributed by atoms with Crippen LogP contribution in [0.15, 0.2) is 84.0 Å². The van der Waals surface area contributed by atoms with E-state index in [0.717, 1.165) is 13.0 Å². The van der Waals surface area contributed by atoms with Gasteiger partial charge in [-0.1, -0.05) is 92.1 Å². The normalized spacial score (nSPS) is 21.4. The standard InChI is InChI=1S/C42H58NO7/c1-6-22-45-25-27-48-29-30-49-28-26-46-23-20-43-39-18-13-12-17-38(39)42(4,5)40(43)19-9-7-8-15-37-35(33-50-32-31-47-24-21-44)34-14-10-11-16-36(34)41(37,2)3/h1,7-17,19,35,39,44H,18,20-33H2,2-5H3/q+1/b8-7+,19-9+,37-15-. The number of aliphatic hydroxyl groups excluding tert-OH is 1. The van der Waals surface area contributed by atoms with Gasteiger partial charge in [-0.15, -0.1) is 6.42 Å². The largest absolute Gasteiger partial charge is 0.394 e. The second kappa shape index (κ2) is 20.7. The number of allylic oxidation sites excluding steroid dienone is 7. The molecule has 0 saturated heterocycles. The first kappa shape index (κ1) is 39.7. The van der Waals surface area contributed by atoms with Crippen LogP contribution in [-0.4, -0.2) is 114 Å². The second-order valence-electron chi connectivity index (χ2n) is 13.6. The average molecular weight is 689 g/mol. The van der Waals surface area contributed by atoms with Gasteiger partial charge in [0, 0.05) is 29.4 Å². The Bertz CT molecular complexity index is 1440. The third kappa shape index (κ3) is 10.7.